The number of nitrogens with zero attached hydrogens (tertiary/aromatic N) is 2. The van der Waals surface area contributed by atoms with Crippen LogP contribution >= 0.6 is 0 Å². The highest BCUT2D eigenvalue weighted by molar-refractivity contribution is 7.91. The van der Waals surface area contributed by atoms with Crippen LogP contribution in [0.1, 0.15) is 18.1 Å². The molecular weight excluding hydrogens is 612 g/mol. The molecule has 1 atom stereocenters. The van der Waals surface area contributed by atoms with E-state index in [0.29, 0.717) is 12.3 Å². The Morgan fingerprint density at radius 1 is 1.00 bits per heavy atom. The average molecular weight is 633 g/mol. The molecule has 1 unspecified atom stereocenters. The summed E-state index contributed by atoms with van der Waals surface area (Å²) in [5, 5.41) is 0. The van der Waals surface area contributed by atoms with Crippen LogP contribution in [0.4, 0.5) is 40.9 Å². The van der Waals surface area contributed by atoms with Crippen molar-refractivity contribution in [1.29, 1.82) is 0 Å². The monoisotopic (exact) mass is 632 g/mol. The highest BCUT2D eigenvalue weighted by Gasteiger charge is 2.58. The zero-order chi connectivity index (χ0) is 30.8. The van der Waals surface area contributed by atoms with Crippen molar-refractivity contribution in [1.82, 2.24) is 14.8 Å². The van der Waals surface area contributed by atoms with E-state index in [9.17, 15) is 48.1 Å². The van der Waals surface area contributed by atoms with E-state index in [1.807, 2.05) is 0 Å². The normalized spacial score (nSPS) is 13.6. The quantitative estimate of drug-likeness (QED) is 0.172. The van der Waals surface area contributed by atoms with E-state index in [0.717, 1.165) is 24.6 Å². The Hall–Kier alpha value is -3.22. The Labute approximate surface area is 231 Å². The second-order valence-electron chi connectivity index (χ2n) is 8.31. The Morgan fingerprint density at radius 2 is 1.63 bits per heavy atom. The molecule has 3 rings (SSSR count). The van der Waals surface area contributed by atoms with E-state index in [1.54, 1.807) is 19.1 Å². The molecule has 2 aromatic heterocycles. The molecule has 0 radical (unpaired) electrons. The fourth-order valence-electron chi connectivity index (χ4n) is 3.06. The molecule has 0 aliphatic rings. The van der Waals surface area contributed by atoms with Gasteiger partial charge >= 0.3 is 18.3 Å². The van der Waals surface area contributed by atoms with Gasteiger partial charge in [-0.15, -0.1) is 0 Å². The number of hydrogen-bond acceptors (Lipinski definition) is 8. The van der Waals surface area contributed by atoms with Crippen LogP contribution in [-0.2, 0) is 27.4 Å². The molecule has 0 aliphatic carbocycles. The second kappa shape index (κ2) is 11.9. The van der Waals surface area contributed by atoms with Gasteiger partial charge in [0, 0.05) is 0 Å². The molecule has 0 spiro atoms. The molecule has 224 valence electrons. The number of anilines is 1. The minimum absolute atomic E-state index is 0.190. The molecule has 18 heteroatoms. The molecule has 0 aliphatic heterocycles. The molecule has 41 heavy (non-hydrogen) atoms. The van der Waals surface area contributed by atoms with Crippen molar-refractivity contribution in [2.45, 2.75) is 41.9 Å². The van der Waals surface area contributed by atoms with Crippen LogP contribution in [-0.4, -0.2) is 47.4 Å². The predicted molar refractivity (Wildman–Crippen MR) is 131 cm³/mol. The Balaban J connectivity index is 2.02. The molecule has 0 saturated heterocycles. The Bertz CT molecular complexity index is 1470. The topological polar surface area (TPSA) is 116 Å². The van der Waals surface area contributed by atoms with Gasteiger partial charge in [0.25, 0.3) is 0 Å². The molecule has 2 heterocycles. The lowest BCUT2D eigenvalue weighted by molar-refractivity contribution is -0.290. The number of hydrazine groups is 1. The number of hydrogen-bond donors (Lipinski definition) is 2. The van der Waals surface area contributed by atoms with Crippen molar-refractivity contribution in [3.63, 3.8) is 0 Å². The predicted octanol–water partition coefficient (Wildman–Crippen LogP) is 5.48. The number of aromatic nitrogens is 2. The first kappa shape index (κ1) is 32.3. The van der Waals surface area contributed by atoms with Crippen molar-refractivity contribution in [2.75, 3.05) is 17.8 Å². The zero-order valence-corrected chi connectivity index (χ0v) is 22.5. The van der Waals surface area contributed by atoms with E-state index in [4.69, 9.17) is 0 Å². The summed E-state index contributed by atoms with van der Waals surface area (Å²) in [5.74, 6) is -7.38. The van der Waals surface area contributed by atoms with Crippen molar-refractivity contribution in [3.8, 4) is 17.1 Å². The van der Waals surface area contributed by atoms with Gasteiger partial charge in [0.2, 0.25) is 0 Å². The third-order valence-corrected chi connectivity index (χ3v) is 8.05. The molecule has 0 bridgehead atoms. The van der Waals surface area contributed by atoms with Gasteiger partial charge in [-0.25, -0.2) is 13.4 Å². The first-order chi connectivity index (χ1) is 18.9. The van der Waals surface area contributed by atoms with E-state index >= 15 is 0 Å². The fourth-order valence-corrected chi connectivity index (χ4v) is 4.80. The lowest BCUT2D eigenvalue weighted by Gasteiger charge is -2.20. The van der Waals surface area contributed by atoms with Gasteiger partial charge in [0.15, 0.2) is 27.2 Å². The first-order valence-corrected chi connectivity index (χ1v) is 14.0. The van der Waals surface area contributed by atoms with E-state index in [-0.39, 0.29) is 10.6 Å². The lowest BCUT2D eigenvalue weighted by atomic mass is 10.2. The van der Waals surface area contributed by atoms with Crippen LogP contribution in [0.25, 0.3) is 11.4 Å². The number of pyridine rings is 2. The number of nitrogens with one attached hydrogen (secondary N) is 2. The maximum Gasteiger partial charge on any atom is 0.456 e. The van der Waals surface area contributed by atoms with Crippen LogP contribution < -0.4 is 15.0 Å². The minimum Gasteiger partial charge on any atom is -0.592 e. The number of benzene rings is 1. The maximum absolute atomic E-state index is 13.9. The second-order valence-corrected chi connectivity index (χ2v) is 11.8. The lowest BCUT2D eigenvalue weighted by Crippen LogP contribution is -2.41. The third-order valence-electron chi connectivity index (χ3n) is 5.32. The average Bonchev–Trinajstić information content (AvgIpc) is 2.89. The summed E-state index contributed by atoms with van der Waals surface area (Å²) in [5.41, 5.74) is 0.382. The van der Waals surface area contributed by atoms with Crippen molar-refractivity contribution < 1.29 is 52.8 Å². The van der Waals surface area contributed by atoms with E-state index in [1.165, 1.54) is 12.1 Å². The van der Waals surface area contributed by atoms with Crippen LogP contribution in [0.3, 0.4) is 0 Å². The fraction of sp³-hybridized carbons (Fsp3) is 0.304. The van der Waals surface area contributed by atoms with E-state index < -0.39 is 79.6 Å². The maximum atomic E-state index is 13.9. The molecule has 1 aromatic carbocycles. The molecule has 0 saturated carbocycles. The van der Waals surface area contributed by atoms with Crippen LogP contribution in [0.15, 0.2) is 58.5 Å². The van der Waals surface area contributed by atoms with Crippen molar-refractivity contribution >= 4 is 27.0 Å². The van der Waals surface area contributed by atoms with Gasteiger partial charge in [-0.05, 0) is 42.1 Å². The van der Waals surface area contributed by atoms with Crippen molar-refractivity contribution in [3.05, 3.63) is 59.8 Å². The summed E-state index contributed by atoms with van der Waals surface area (Å²) in [4.78, 5) is 8.97. The molecule has 2 N–H and O–H groups in total. The van der Waals surface area contributed by atoms with Crippen molar-refractivity contribution in [2.24, 2.45) is 0 Å². The van der Waals surface area contributed by atoms with Crippen LogP contribution in [0, 0.1) is 6.92 Å². The SMILES string of the molecule is CCS(=O)(=O)c1cc(C(F)(F)F)c(NN[S+]([O-])c2ccc(C)cc2)nc1-c1ccc(OCC(F)(F)C(F)(F)F)cn1. The summed E-state index contributed by atoms with van der Waals surface area (Å²) >= 11 is -2.08. The summed E-state index contributed by atoms with van der Waals surface area (Å²) < 4.78 is 148. The third kappa shape index (κ3) is 7.75. The van der Waals surface area contributed by atoms with Gasteiger partial charge in [0.1, 0.15) is 17.0 Å². The summed E-state index contributed by atoms with van der Waals surface area (Å²) in [7, 11) is -4.38. The molecule has 0 amide bonds. The number of alkyl halides is 8. The highest BCUT2D eigenvalue weighted by Crippen LogP contribution is 2.39. The molecule has 3 aromatic rings. The standard InChI is InChI=1S/C23H20F8N4O4S2/c1-3-41(37,38)18-10-16(22(26,27)28)20(34-35-40(36)15-7-4-13(2)5-8-15)33-19(18)17-9-6-14(11-32-17)39-12-21(24,25)23(29,30)31/h4-11,35H,3,12H2,1-2H3,(H,33,34). The highest BCUT2D eigenvalue weighted by atomic mass is 32.2. The zero-order valence-electron chi connectivity index (χ0n) is 20.9. The molecule has 8 nitrogen and oxygen atoms in total. The minimum atomic E-state index is -5.88. The van der Waals surface area contributed by atoms with Gasteiger partial charge < -0.3 is 9.29 Å². The van der Waals surface area contributed by atoms with Gasteiger partial charge in [0.05, 0.1) is 33.9 Å². The number of halogens is 8. The van der Waals surface area contributed by atoms with Gasteiger partial charge in [-0.2, -0.15) is 35.1 Å². The molecule has 0 fully saturated rings. The molecular formula is C23H20F8N4O4S2. The first-order valence-electron chi connectivity index (χ1n) is 11.2. The smallest absolute Gasteiger partial charge is 0.456 e. The Kier molecular flexibility index (Phi) is 9.41. The summed E-state index contributed by atoms with van der Waals surface area (Å²) in [6.07, 6.45) is -10.3. The number of aryl methyl sites for hydroxylation is 1. The van der Waals surface area contributed by atoms with Gasteiger partial charge in [-0.1, -0.05) is 24.6 Å². The number of ether oxygens (including phenoxy) is 1. The van der Waals surface area contributed by atoms with Crippen LogP contribution in [0.5, 0.6) is 5.75 Å². The largest absolute Gasteiger partial charge is 0.592 e. The van der Waals surface area contributed by atoms with Crippen LogP contribution in [0.2, 0.25) is 0 Å². The van der Waals surface area contributed by atoms with E-state index in [2.05, 4.69) is 25.0 Å². The number of sulfone groups is 1. The summed E-state index contributed by atoms with van der Waals surface area (Å²) in [6, 6.07) is 8.20. The number of rotatable bonds is 10. The Morgan fingerprint density at radius 3 is 2.15 bits per heavy atom. The van der Waals surface area contributed by atoms with Gasteiger partial charge in [-0.3, -0.25) is 10.4 Å². The summed E-state index contributed by atoms with van der Waals surface area (Å²) in [6.45, 7) is 0.842.